The highest BCUT2D eigenvalue weighted by Crippen LogP contribution is 2.28. The third-order valence-electron chi connectivity index (χ3n) is 2.83. The van der Waals surface area contributed by atoms with Crippen LogP contribution >= 0.6 is 35.2 Å². The molecule has 0 saturated heterocycles. The second kappa shape index (κ2) is 4.86. The molecule has 0 aliphatic rings. The molecule has 14 heavy (non-hydrogen) atoms. The van der Waals surface area contributed by atoms with Crippen LogP contribution in [0.5, 0.6) is 0 Å². The average Bonchev–Trinajstić information content (AvgIpc) is 2.16. The molecule has 1 nitrogen and oxygen atoms in total. The lowest BCUT2D eigenvalue weighted by Gasteiger charge is -2.17. The van der Waals surface area contributed by atoms with Crippen molar-refractivity contribution in [1.82, 2.24) is 0 Å². The van der Waals surface area contributed by atoms with E-state index in [-0.39, 0.29) is 0 Å². The van der Waals surface area contributed by atoms with E-state index in [1.54, 1.807) is 0 Å². The van der Waals surface area contributed by atoms with Gasteiger partial charge in [-0.25, -0.2) is 0 Å². The molecule has 1 aromatic rings. The van der Waals surface area contributed by atoms with Crippen molar-refractivity contribution in [3.8, 4) is 0 Å². The monoisotopic (exact) mass is 321 g/mol. The summed E-state index contributed by atoms with van der Waals surface area (Å²) in [7, 11) is 0. The minimum atomic E-state index is 0.620. The van der Waals surface area contributed by atoms with Gasteiger partial charge in [-0.05, 0) is 71.2 Å². The molecule has 78 valence electrons. The van der Waals surface area contributed by atoms with Crippen molar-refractivity contribution in [1.29, 1.82) is 0 Å². The predicted octanol–water partition coefficient (Wildman–Crippen LogP) is 3.10. The zero-order chi connectivity index (χ0) is 10.9. The molecule has 0 aliphatic heterocycles. The Balaban J connectivity index is 3.56. The van der Waals surface area contributed by atoms with Crippen LogP contribution in [0.4, 0.5) is 0 Å². The molecule has 0 radical (unpaired) electrons. The highest BCUT2D eigenvalue weighted by Gasteiger charge is 2.13. The van der Waals surface area contributed by atoms with Crippen LogP contribution in [0.25, 0.3) is 0 Å². The third kappa shape index (κ3) is 1.95. The lowest BCUT2D eigenvalue weighted by atomic mass is 9.94. The fourth-order valence-corrected chi connectivity index (χ4v) is 2.96. The third-order valence-corrected chi connectivity index (χ3v) is 4.77. The van der Waals surface area contributed by atoms with Gasteiger partial charge in [0.15, 0.2) is 0 Å². The Bertz CT molecular complexity index is 330. The molecule has 2 N–H and O–H groups in total. The van der Waals surface area contributed by atoms with E-state index in [2.05, 4.69) is 56.0 Å². The molecular weight excluding hydrogens is 305 g/mol. The molecule has 0 spiro atoms. The standard InChI is InChI=1S/C11H16INS/c1-6-9(4-13)7(2)11(12)8(3)10(6)5-14/h14H,4-5,13H2,1-3H3. The summed E-state index contributed by atoms with van der Waals surface area (Å²) in [6, 6.07) is 0. The van der Waals surface area contributed by atoms with Crippen LogP contribution in [0, 0.1) is 24.3 Å². The fraction of sp³-hybridized carbons (Fsp3) is 0.455. The van der Waals surface area contributed by atoms with Gasteiger partial charge in [0, 0.05) is 15.9 Å². The number of nitrogens with two attached hydrogens (primary N) is 1. The highest BCUT2D eigenvalue weighted by atomic mass is 127. The number of thiol groups is 1. The Hall–Kier alpha value is 0.260. The summed E-state index contributed by atoms with van der Waals surface area (Å²) < 4.78 is 1.33. The molecule has 0 heterocycles. The summed E-state index contributed by atoms with van der Waals surface area (Å²) in [5.74, 6) is 0.793. The molecule has 0 atom stereocenters. The van der Waals surface area contributed by atoms with Crippen molar-refractivity contribution in [2.75, 3.05) is 0 Å². The molecule has 1 aromatic carbocycles. The first-order valence-electron chi connectivity index (χ1n) is 4.62. The van der Waals surface area contributed by atoms with E-state index in [9.17, 15) is 0 Å². The number of hydrogen-bond donors (Lipinski definition) is 2. The van der Waals surface area contributed by atoms with E-state index in [1.807, 2.05) is 0 Å². The van der Waals surface area contributed by atoms with Gasteiger partial charge in [-0.2, -0.15) is 12.6 Å². The SMILES string of the molecule is Cc1c(I)c(C)c(CS)c(C)c1CN. The predicted molar refractivity (Wildman–Crippen MR) is 74.0 cm³/mol. The van der Waals surface area contributed by atoms with E-state index in [0.717, 1.165) is 5.75 Å². The van der Waals surface area contributed by atoms with Crippen LogP contribution in [0.3, 0.4) is 0 Å². The summed E-state index contributed by atoms with van der Waals surface area (Å²) in [5, 5.41) is 0. The number of hydrogen-bond acceptors (Lipinski definition) is 2. The van der Waals surface area contributed by atoms with Gasteiger partial charge in [-0.15, -0.1) is 0 Å². The second-order valence-corrected chi connectivity index (χ2v) is 4.90. The maximum Gasteiger partial charge on any atom is 0.0195 e. The highest BCUT2D eigenvalue weighted by molar-refractivity contribution is 14.1. The molecule has 0 aromatic heterocycles. The van der Waals surface area contributed by atoms with E-state index < -0.39 is 0 Å². The van der Waals surface area contributed by atoms with Gasteiger partial charge in [0.25, 0.3) is 0 Å². The minimum Gasteiger partial charge on any atom is -0.326 e. The van der Waals surface area contributed by atoms with Crippen molar-refractivity contribution < 1.29 is 0 Å². The summed E-state index contributed by atoms with van der Waals surface area (Å²) in [4.78, 5) is 0. The molecule has 0 aliphatic carbocycles. The first kappa shape index (κ1) is 12.3. The van der Waals surface area contributed by atoms with Crippen molar-refractivity contribution in [2.24, 2.45) is 5.73 Å². The fourth-order valence-electron chi connectivity index (χ4n) is 1.83. The van der Waals surface area contributed by atoms with Crippen LogP contribution in [0.1, 0.15) is 27.8 Å². The van der Waals surface area contributed by atoms with Gasteiger partial charge in [-0.1, -0.05) is 0 Å². The van der Waals surface area contributed by atoms with E-state index in [0.29, 0.717) is 6.54 Å². The lowest BCUT2D eigenvalue weighted by molar-refractivity contribution is 1.00. The van der Waals surface area contributed by atoms with Crippen molar-refractivity contribution >= 4 is 35.2 Å². The summed E-state index contributed by atoms with van der Waals surface area (Å²) in [5.41, 5.74) is 12.4. The molecule has 3 heteroatoms. The molecule has 0 bridgehead atoms. The van der Waals surface area contributed by atoms with Gasteiger partial charge in [-0.3, -0.25) is 0 Å². The first-order chi connectivity index (χ1) is 6.54. The number of rotatable bonds is 2. The molecule has 0 saturated carbocycles. The Kier molecular flexibility index (Phi) is 4.28. The van der Waals surface area contributed by atoms with Crippen LogP contribution in [-0.4, -0.2) is 0 Å². The van der Waals surface area contributed by atoms with Crippen molar-refractivity contribution in [2.45, 2.75) is 33.1 Å². The van der Waals surface area contributed by atoms with Crippen molar-refractivity contribution in [3.05, 3.63) is 31.4 Å². The van der Waals surface area contributed by atoms with Gasteiger partial charge < -0.3 is 5.73 Å². The maximum atomic E-state index is 5.77. The van der Waals surface area contributed by atoms with Crippen LogP contribution < -0.4 is 5.73 Å². The topological polar surface area (TPSA) is 26.0 Å². The van der Waals surface area contributed by atoms with Gasteiger partial charge in [0.05, 0.1) is 0 Å². The van der Waals surface area contributed by atoms with E-state index >= 15 is 0 Å². The van der Waals surface area contributed by atoms with E-state index in [1.165, 1.54) is 31.4 Å². The Morgan fingerprint density at radius 3 is 2.00 bits per heavy atom. The normalized spacial score (nSPS) is 10.7. The first-order valence-corrected chi connectivity index (χ1v) is 6.33. The van der Waals surface area contributed by atoms with Crippen LogP contribution in [0.2, 0.25) is 0 Å². The van der Waals surface area contributed by atoms with Gasteiger partial charge >= 0.3 is 0 Å². The lowest BCUT2D eigenvalue weighted by Crippen LogP contribution is -2.08. The maximum absolute atomic E-state index is 5.77. The minimum absolute atomic E-state index is 0.620. The average molecular weight is 321 g/mol. The van der Waals surface area contributed by atoms with Gasteiger partial charge in [0.2, 0.25) is 0 Å². The van der Waals surface area contributed by atoms with Crippen molar-refractivity contribution in [3.63, 3.8) is 0 Å². The Labute approximate surface area is 105 Å². The molecule has 0 fully saturated rings. The molecule has 0 amide bonds. The largest absolute Gasteiger partial charge is 0.326 e. The van der Waals surface area contributed by atoms with Crippen LogP contribution in [0.15, 0.2) is 0 Å². The quantitative estimate of drug-likeness (QED) is 0.635. The molecule has 1 rings (SSSR count). The summed E-state index contributed by atoms with van der Waals surface area (Å²) in [6.07, 6.45) is 0. The smallest absolute Gasteiger partial charge is 0.0195 e. The van der Waals surface area contributed by atoms with Crippen LogP contribution in [-0.2, 0) is 12.3 Å². The van der Waals surface area contributed by atoms with Gasteiger partial charge in [0.1, 0.15) is 0 Å². The Morgan fingerprint density at radius 2 is 1.57 bits per heavy atom. The van der Waals surface area contributed by atoms with E-state index in [4.69, 9.17) is 5.73 Å². The molecular formula is C11H16INS. The molecule has 0 unspecified atom stereocenters. The summed E-state index contributed by atoms with van der Waals surface area (Å²) in [6.45, 7) is 7.07. The second-order valence-electron chi connectivity index (χ2n) is 3.51. The zero-order valence-corrected chi connectivity index (χ0v) is 11.9. The number of benzene rings is 1. The summed E-state index contributed by atoms with van der Waals surface area (Å²) >= 11 is 6.77. The number of halogens is 1. The Morgan fingerprint density at radius 1 is 1.07 bits per heavy atom. The zero-order valence-electron chi connectivity index (χ0n) is 8.82.